The largest absolute Gasteiger partial charge is 0.325 e. The smallest absolute Gasteiger partial charge is 0.321 e. The standard InChI is InChI=1S/C17H12BrClN4O2S/c18-10-3-1-5-12(7-10)20-15(24)14-9-26-17(22-14)23-16(25)21-13-6-2-4-11(19)8-13/h1-9H,(H,20,24)(H2,21,22,23,25). The molecule has 0 bridgehead atoms. The lowest BCUT2D eigenvalue weighted by Gasteiger charge is -2.05. The van der Waals surface area contributed by atoms with Gasteiger partial charge in [0.1, 0.15) is 5.69 Å². The Balaban J connectivity index is 1.60. The summed E-state index contributed by atoms with van der Waals surface area (Å²) in [6, 6.07) is 13.5. The second kappa shape index (κ2) is 8.31. The van der Waals surface area contributed by atoms with E-state index in [-0.39, 0.29) is 11.6 Å². The molecule has 132 valence electrons. The van der Waals surface area contributed by atoms with E-state index in [4.69, 9.17) is 11.6 Å². The average Bonchev–Trinajstić information content (AvgIpc) is 3.03. The van der Waals surface area contributed by atoms with Crippen molar-refractivity contribution in [3.63, 3.8) is 0 Å². The highest BCUT2D eigenvalue weighted by Gasteiger charge is 2.13. The molecule has 1 heterocycles. The first kappa shape index (κ1) is 18.4. The average molecular weight is 452 g/mol. The summed E-state index contributed by atoms with van der Waals surface area (Å²) in [4.78, 5) is 28.3. The van der Waals surface area contributed by atoms with Gasteiger partial charge in [0.25, 0.3) is 5.91 Å². The minimum Gasteiger partial charge on any atom is -0.321 e. The second-order valence-corrected chi connectivity index (χ2v) is 7.30. The van der Waals surface area contributed by atoms with Crippen molar-refractivity contribution >= 4 is 67.3 Å². The molecule has 0 aliphatic rings. The highest BCUT2D eigenvalue weighted by Crippen LogP contribution is 2.20. The minimum absolute atomic E-state index is 0.216. The van der Waals surface area contributed by atoms with Crippen LogP contribution in [0.1, 0.15) is 10.5 Å². The molecule has 0 fully saturated rings. The number of halogens is 2. The van der Waals surface area contributed by atoms with Crippen molar-refractivity contribution in [2.24, 2.45) is 0 Å². The predicted molar refractivity (Wildman–Crippen MR) is 108 cm³/mol. The predicted octanol–water partition coefficient (Wildman–Crippen LogP) is 5.46. The number of benzene rings is 2. The molecule has 0 aliphatic carbocycles. The van der Waals surface area contributed by atoms with Gasteiger partial charge in [0.15, 0.2) is 5.13 Å². The number of anilines is 3. The first-order valence-electron chi connectivity index (χ1n) is 7.35. The molecular formula is C17H12BrClN4O2S. The lowest BCUT2D eigenvalue weighted by molar-refractivity contribution is 0.102. The van der Waals surface area contributed by atoms with E-state index in [0.29, 0.717) is 21.5 Å². The second-order valence-electron chi connectivity index (χ2n) is 5.09. The van der Waals surface area contributed by atoms with Crippen LogP contribution in [-0.2, 0) is 0 Å². The van der Waals surface area contributed by atoms with Gasteiger partial charge in [0, 0.05) is 26.3 Å². The van der Waals surface area contributed by atoms with Gasteiger partial charge in [-0.3, -0.25) is 10.1 Å². The fourth-order valence-corrected chi connectivity index (χ4v) is 3.30. The van der Waals surface area contributed by atoms with Crippen molar-refractivity contribution < 1.29 is 9.59 Å². The summed E-state index contributed by atoms with van der Waals surface area (Å²) in [6.07, 6.45) is 0. The lowest BCUT2D eigenvalue weighted by atomic mass is 10.3. The van der Waals surface area contributed by atoms with E-state index in [9.17, 15) is 9.59 Å². The Hall–Kier alpha value is -2.42. The Labute approximate surface area is 166 Å². The number of nitrogens with zero attached hydrogens (tertiary/aromatic N) is 1. The third kappa shape index (κ3) is 5.04. The maximum absolute atomic E-state index is 12.2. The van der Waals surface area contributed by atoms with E-state index >= 15 is 0 Å². The summed E-state index contributed by atoms with van der Waals surface area (Å²) in [5.74, 6) is -0.359. The molecule has 3 amide bonds. The monoisotopic (exact) mass is 450 g/mol. The van der Waals surface area contributed by atoms with Crippen LogP contribution in [0, 0.1) is 0 Å². The summed E-state index contributed by atoms with van der Waals surface area (Å²) >= 11 is 10.4. The number of nitrogens with one attached hydrogen (secondary N) is 3. The third-order valence-corrected chi connectivity index (χ3v) is 4.61. The molecule has 0 radical (unpaired) electrons. The summed E-state index contributed by atoms with van der Waals surface area (Å²) < 4.78 is 0.855. The van der Waals surface area contributed by atoms with Crippen LogP contribution in [0.25, 0.3) is 0 Å². The van der Waals surface area contributed by atoms with Crippen LogP contribution in [0.3, 0.4) is 0 Å². The molecule has 0 aliphatic heterocycles. The lowest BCUT2D eigenvalue weighted by Crippen LogP contribution is -2.19. The number of carbonyl (C=O) groups is 2. The van der Waals surface area contributed by atoms with Crippen molar-refractivity contribution in [2.75, 3.05) is 16.0 Å². The van der Waals surface area contributed by atoms with E-state index in [1.165, 1.54) is 0 Å². The first-order valence-corrected chi connectivity index (χ1v) is 9.41. The third-order valence-electron chi connectivity index (χ3n) is 3.12. The zero-order chi connectivity index (χ0) is 18.5. The van der Waals surface area contributed by atoms with Gasteiger partial charge < -0.3 is 10.6 Å². The van der Waals surface area contributed by atoms with Gasteiger partial charge >= 0.3 is 6.03 Å². The minimum atomic E-state index is -0.472. The van der Waals surface area contributed by atoms with E-state index in [1.54, 1.807) is 41.8 Å². The molecule has 26 heavy (non-hydrogen) atoms. The number of aromatic nitrogens is 1. The van der Waals surface area contributed by atoms with Crippen molar-refractivity contribution in [3.05, 3.63) is 69.1 Å². The number of carbonyl (C=O) groups excluding carboxylic acids is 2. The Morgan fingerprint density at radius 3 is 2.46 bits per heavy atom. The van der Waals surface area contributed by atoms with Gasteiger partial charge in [-0.2, -0.15) is 0 Å². The van der Waals surface area contributed by atoms with E-state index < -0.39 is 6.03 Å². The molecule has 9 heteroatoms. The Morgan fingerprint density at radius 2 is 1.73 bits per heavy atom. The molecule has 6 nitrogen and oxygen atoms in total. The number of hydrogen-bond donors (Lipinski definition) is 3. The van der Waals surface area contributed by atoms with E-state index in [2.05, 4.69) is 36.9 Å². The molecule has 0 saturated carbocycles. The maximum Gasteiger partial charge on any atom is 0.325 e. The van der Waals surface area contributed by atoms with Crippen molar-refractivity contribution in [3.8, 4) is 0 Å². The highest BCUT2D eigenvalue weighted by molar-refractivity contribution is 9.10. The molecule has 0 spiro atoms. The maximum atomic E-state index is 12.2. The SMILES string of the molecule is O=C(Nc1cccc(Cl)c1)Nc1nc(C(=O)Nc2cccc(Br)c2)cs1. The molecule has 0 saturated heterocycles. The fraction of sp³-hybridized carbons (Fsp3) is 0. The van der Waals surface area contributed by atoms with E-state index in [0.717, 1.165) is 15.8 Å². The molecule has 2 aromatic carbocycles. The quantitative estimate of drug-likeness (QED) is 0.493. The van der Waals surface area contributed by atoms with Crippen molar-refractivity contribution in [2.45, 2.75) is 0 Å². The summed E-state index contributed by atoms with van der Waals surface area (Å²) in [7, 11) is 0. The zero-order valence-corrected chi connectivity index (χ0v) is 16.3. The molecule has 3 rings (SSSR count). The summed E-state index contributed by atoms with van der Waals surface area (Å²) in [6.45, 7) is 0. The van der Waals surface area contributed by atoms with Crippen LogP contribution in [0.2, 0.25) is 5.02 Å². The van der Waals surface area contributed by atoms with Crippen molar-refractivity contribution in [1.29, 1.82) is 0 Å². The van der Waals surface area contributed by atoms with Gasteiger partial charge in [0.05, 0.1) is 0 Å². The first-order chi connectivity index (χ1) is 12.5. The van der Waals surface area contributed by atoms with Crippen LogP contribution in [0.15, 0.2) is 58.4 Å². The van der Waals surface area contributed by atoms with Gasteiger partial charge in [-0.05, 0) is 36.4 Å². The van der Waals surface area contributed by atoms with Crippen LogP contribution >= 0.6 is 38.9 Å². The van der Waals surface area contributed by atoms with E-state index in [1.807, 2.05) is 12.1 Å². The molecule has 0 atom stereocenters. The number of hydrogen-bond acceptors (Lipinski definition) is 4. The van der Waals surface area contributed by atoms with Crippen LogP contribution in [-0.4, -0.2) is 16.9 Å². The van der Waals surface area contributed by atoms with Gasteiger partial charge in [-0.25, -0.2) is 9.78 Å². The number of rotatable bonds is 4. The van der Waals surface area contributed by atoms with Gasteiger partial charge in [-0.1, -0.05) is 39.7 Å². The van der Waals surface area contributed by atoms with Gasteiger partial charge in [-0.15, -0.1) is 11.3 Å². The number of urea groups is 1. The topological polar surface area (TPSA) is 83.1 Å². The molecule has 1 aromatic heterocycles. The fourth-order valence-electron chi connectivity index (χ4n) is 2.02. The Kier molecular flexibility index (Phi) is 5.87. The van der Waals surface area contributed by atoms with Crippen molar-refractivity contribution in [1.82, 2.24) is 4.98 Å². The number of thiazole rings is 1. The molecule has 0 unspecified atom stereocenters. The molecular weight excluding hydrogens is 440 g/mol. The van der Waals surface area contributed by atoms with Crippen LogP contribution < -0.4 is 16.0 Å². The Morgan fingerprint density at radius 1 is 1.00 bits per heavy atom. The summed E-state index contributed by atoms with van der Waals surface area (Å²) in [5, 5.41) is 10.4. The molecule has 3 aromatic rings. The highest BCUT2D eigenvalue weighted by atomic mass is 79.9. The normalized spacial score (nSPS) is 10.2. The van der Waals surface area contributed by atoms with Crippen LogP contribution in [0.5, 0.6) is 0 Å². The Bertz CT molecular complexity index is 963. The molecule has 3 N–H and O–H groups in total. The van der Waals surface area contributed by atoms with Gasteiger partial charge in [0.2, 0.25) is 0 Å². The van der Waals surface area contributed by atoms with Crippen LogP contribution in [0.4, 0.5) is 21.3 Å². The zero-order valence-electron chi connectivity index (χ0n) is 13.1. The number of amides is 3. The summed E-state index contributed by atoms with van der Waals surface area (Å²) in [5.41, 5.74) is 1.41.